The second kappa shape index (κ2) is 5.35. The quantitative estimate of drug-likeness (QED) is 0.876. The van der Waals surface area contributed by atoms with Gasteiger partial charge in [0.15, 0.2) is 10.8 Å². The number of anilines is 1. The predicted molar refractivity (Wildman–Crippen MR) is 84.1 cm³/mol. The Hall–Kier alpha value is -1.96. The van der Waals surface area contributed by atoms with Gasteiger partial charge < -0.3 is 15.2 Å². The summed E-state index contributed by atoms with van der Waals surface area (Å²) in [7, 11) is 0. The summed E-state index contributed by atoms with van der Waals surface area (Å²) in [5.41, 5.74) is 0.321. The molecule has 4 rings (SSSR count). The van der Waals surface area contributed by atoms with Crippen molar-refractivity contribution in [3.8, 4) is 0 Å². The lowest BCUT2D eigenvalue weighted by atomic mass is 9.97. The van der Waals surface area contributed by atoms with Gasteiger partial charge in [0.05, 0.1) is 12.2 Å². The number of hydrogen-bond donors (Lipinski definition) is 2. The van der Waals surface area contributed by atoms with Crippen LogP contribution in [0.4, 0.5) is 5.13 Å². The lowest BCUT2D eigenvalue weighted by Crippen LogP contribution is -2.43. The Kier molecular flexibility index (Phi) is 3.33. The van der Waals surface area contributed by atoms with Crippen molar-refractivity contribution in [3.05, 3.63) is 16.7 Å². The van der Waals surface area contributed by atoms with Crippen LogP contribution in [0.1, 0.15) is 25.7 Å². The van der Waals surface area contributed by atoms with E-state index < -0.39 is 0 Å². The Balaban J connectivity index is 1.54. The van der Waals surface area contributed by atoms with Gasteiger partial charge in [0.1, 0.15) is 4.70 Å². The number of carbonyl (C=O) groups is 1. The van der Waals surface area contributed by atoms with E-state index in [1.165, 1.54) is 17.7 Å². The van der Waals surface area contributed by atoms with Crippen molar-refractivity contribution in [2.45, 2.75) is 31.7 Å². The number of fused-ring (bicyclic) bond motifs is 1. The predicted octanol–water partition coefficient (Wildman–Crippen LogP) is 0.875. The van der Waals surface area contributed by atoms with E-state index in [0.29, 0.717) is 22.9 Å². The highest BCUT2D eigenvalue weighted by molar-refractivity contribution is 7.22. The molecule has 0 bridgehead atoms. The zero-order valence-corrected chi connectivity index (χ0v) is 12.9. The number of rotatable bonds is 3. The number of aromatic amines is 1. The van der Waals surface area contributed by atoms with Crippen LogP contribution in [-0.2, 0) is 4.79 Å². The van der Waals surface area contributed by atoms with E-state index in [0.717, 1.165) is 37.4 Å². The minimum absolute atomic E-state index is 0.00704. The van der Waals surface area contributed by atoms with Crippen LogP contribution in [-0.4, -0.2) is 40.0 Å². The Morgan fingerprint density at radius 2 is 2.27 bits per heavy atom. The molecule has 1 saturated carbocycles. The highest BCUT2D eigenvalue weighted by atomic mass is 32.1. The van der Waals surface area contributed by atoms with Crippen LogP contribution in [0, 0.1) is 5.92 Å². The highest BCUT2D eigenvalue weighted by Gasteiger charge is 2.31. The van der Waals surface area contributed by atoms with Gasteiger partial charge in [-0.15, -0.1) is 0 Å². The maximum absolute atomic E-state index is 12.2. The van der Waals surface area contributed by atoms with Gasteiger partial charge in [-0.25, -0.2) is 4.98 Å². The number of H-pyrrole nitrogens is 1. The average molecular weight is 319 g/mol. The van der Waals surface area contributed by atoms with Crippen molar-refractivity contribution in [3.63, 3.8) is 0 Å². The highest BCUT2D eigenvalue weighted by Crippen LogP contribution is 2.29. The third-order valence-electron chi connectivity index (χ3n) is 4.17. The number of nitrogens with zero attached hydrogens (tertiary/aromatic N) is 3. The molecular weight excluding hydrogens is 302 g/mol. The van der Waals surface area contributed by atoms with Gasteiger partial charge in [-0.2, -0.15) is 4.98 Å². The van der Waals surface area contributed by atoms with Crippen molar-refractivity contribution in [2.24, 2.45) is 5.92 Å². The van der Waals surface area contributed by atoms with Crippen LogP contribution in [0.25, 0.3) is 10.3 Å². The van der Waals surface area contributed by atoms with E-state index in [4.69, 9.17) is 0 Å². The maximum atomic E-state index is 12.2. The van der Waals surface area contributed by atoms with Crippen molar-refractivity contribution in [2.75, 3.05) is 18.0 Å². The molecule has 2 aromatic rings. The van der Waals surface area contributed by atoms with E-state index in [1.807, 2.05) is 0 Å². The first-order valence-corrected chi connectivity index (χ1v) is 8.42. The summed E-state index contributed by atoms with van der Waals surface area (Å²) in [6, 6.07) is 0.396. The number of nitrogens with one attached hydrogen (secondary N) is 2. The molecule has 116 valence electrons. The summed E-state index contributed by atoms with van der Waals surface area (Å²) >= 11 is 1.35. The average Bonchev–Trinajstić information content (AvgIpc) is 3.23. The van der Waals surface area contributed by atoms with Crippen LogP contribution < -0.4 is 15.8 Å². The van der Waals surface area contributed by atoms with Gasteiger partial charge in [0, 0.05) is 19.1 Å². The minimum Gasteiger partial charge on any atom is -0.353 e. The largest absolute Gasteiger partial charge is 0.353 e. The Labute approximate surface area is 130 Å². The van der Waals surface area contributed by atoms with Gasteiger partial charge in [0.25, 0.3) is 5.56 Å². The van der Waals surface area contributed by atoms with Crippen LogP contribution in [0.2, 0.25) is 0 Å². The molecule has 1 amide bonds. The maximum Gasteiger partial charge on any atom is 0.270 e. The first-order chi connectivity index (χ1) is 10.7. The molecule has 1 aliphatic carbocycles. The molecule has 1 unspecified atom stereocenters. The Bertz CT molecular complexity index is 766. The van der Waals surface area contributed by atoms with E-state index in [-0.39, 0.29) is 17.4 Å². The first kappa shape index (κ1) is 13.7. The number of piperidine rings is 1. The number of amides is 1. The van der Waals surface area contributed by atoms with E-state index in [9.17, 15) is 9.59 Å². The molecule has 0 spiro atoms. The summed E-state index contributed by atoms with van der Waals surface area (Å²) in [6.07, 6.45) is 5.46. The molecule has 2 aromatic heterocycles. The zero-order chi connectivity index (χ0) is 15.1. The summed E-state index contributed by atoms with van der Waals surface area (Å²) < 4.78 is 0.544. The molecule has 2 fully saturated rings. The molecule has 1 atom stereocenters. The molecule has 1 aliphatic heterocycles. The van der Waals surface area contributed by atoms with Gasteiger partial charge >= 0.3 is 0 Å². The Morgan fingerprint density at radius 3 is 3.05 bits per heavy atom. The fourth-order valence-electron chi connectivity index (χ4n) is 2.80. The minimum atomic E-state index is -0.159. The lowest BCUT2D eigenvalue weighted by Gasteiger charge is -2.31. The molecule has 2 aliphatic rings. The molecular formula is C14H17N5O2S. The van der Waals surface area contributed by atoms with Crippen LogP contribution >= 0.6 is 11.3 Å². The number of aromatic nitrogens is 3. The van der Waals surface area contributed by atoms with Gasteiger partial charge in [0.2, 0.25) is 5.91 Å². The number of thiazole rings is 1. The van der Waals surface area contributed by atoms with Crippen LogP contribution in [0.15, 0.2) is 11.1 Å². The Morgan fingerprint density at radius 1 is 1.41 bits per heavy atom. The second-order valence-corrected chi connectivity index (χ2v) is 6.93. The number of hydrogen-bond acceptors (Lipinski definition) is 6. The van der Waals surface area contributed by atoms with E-state index >= 15 is 0 Å². The molecule has 8 heteroatoms. The number of carbonyl (C=O) groups excluding carboxylic acids is 1. The molecule has 0 aromatic carbocycles. The molecule has 1 saturated heterocycles. The van der Waals surface area contributed by atoms with Crippen molar-refractivity contribution in [1.82, 2.24) is 20.3 Å². The summed E-state index contributed by atoms with van der Waals surface area (Å²) in [4.78, 5) is 37.2. The fraction of sp³-hybridized carbons (Fsp3) is 0.571. The van der Waals surface area contributed by atoms with Crippen LogP contribution in [0.3, 0.4) is 0 Å². The molecule has 2 N–H and O–H groups in total. The van der Waals surface area contributed by atoms with Gasteiger partial charge in [-0.05, 0) is 25.7 Å². The first-order valence-electron chi connectivity index (χ1n) is 7.60. The monoisotopic (exact) mass is 319 g/mol. The van der Waals surface area contributed by atoms with Crippen molar-refractivity contribution in [1.29, 1.82) is 0 Å². The summed E-state index contributed by atoms with van der Waals surface area (Å²) in [6.45, 7) is 1.53. The van der Waals surface area contributed by atoms with Crippen molar-refractivity contribution < 1.29 is 4.79 Å². The van der Waals surface area contributed by atoms with E-state index in [2.05, 4.69) is 25.2 Å². The molecule has 3 heterocycles. The normalized spacial score (nSPS) is 22.0. The van der Waals surface area contributed by atoms with Crippen molar-refractivity contribution >= 4 is 32.7 Å². The topological polar surface area (TPSA) is 91.0 Å². The van der Waals surface area contributed by atoms with E-state index in [1.54, 1.807) is 0 Å². The molecule has 22 heavy (non-hydrogen) atoms. The van der Waals surface area contributed by atoms with Crippen LogP contribution in [0.5, 0.6) is 0 Å². The molecule has 7 nitrogen and oxygen atoms in total. The lowest BCUT2D eigenvalue weighted by molar-refractivity contribution is -0.125. The second-order valence-electron chi connectivity index (χ2n) is 5.95. The smallest absolute Gasteiger partial charge is 0.270 e. The fourth-order valence-corrected chi connectivity index (χ4v) is 3.75. The third-order valence-corrected chi connectivity index (χ3v) is 5.28. The standard InChI is InChI=1S/C14H17N5O2S/c20-12(17-9-3-4-9)8-2-1-5-19(6-8)14-18-11-10(22-14)13(21)16-7-15-11/h7-9H,1-6H2,(H,17,20)(H,15,16,21). The van der Waals surface area contributed by atoms with Gasteiger partial charge in [-0.3, -0.25) is 9.59 Å². The molecule has 0 radical (unpaired) electrons. The van der Waals surface area contributed by atoms with Gasteiger partial charge in [-0.1, -0.05) is 11.3 Å². The third kappa shape index (κ3) is 2.58. The zero-order valence-electron chi connectivity index (χ0n) is 12.0. The summed E-state index contributed by atoms with van der Waals surface area (Å²) in [5, 5.41) is 3.86. The summed E-state index contributed by atoms with van der Waals surface area (Å²) in [5.74, 6) is 0.164. The SMILES string of the molecule is O=C(NC1CC1)C1CCCN(c2nc3nc[nH]c(=O)c3s2)C1.